The molecule has 0 bridgehead atoms. The Morgan fingerprint density at radius 3 is 2.56 bits per heavy atom. The summed E-state index contributed by atoms with van der Waals surface area (Å²) in [5.74, 6) is -0.123. The zero-order valence-electron chi connectivity index (χ0n) is 10.8. The first kappa shape index (κ1) is 11.8. The lowest BCUT2D eigenvalue weighted by atomic mass is 10.1. The minimum absolute atomic E-state index is 0.123. The van der Waals surface area contributed by atoms with Crippen molar-refractivity contribution in [2.75, 3.05) is 43.4 Å². The predicted molar refractivity (Wildman–Crippen MR) is 72.8 cm³/mol. The Bertz CT molecular complexity index is 423. The summed E-state index contributed by atoms with van der Waals surface area (Å²) >= 11 is 0. The van der Waals surface area contributed by atoms with Gasteiger partial charge in [0.25, 0.3) is 0 Å². The lowest BCUT2D eigenvalue weighted by Crippen LogP contribution is -2.59. The highest BCUT2D eigenvalue weighted by atomic mass is 19.1. The fourth-order valence-corrected chi connectivity index (χ4v) is 2.91. The summed E-state index contributed by atoms with van der Waals surface area (Å²) in [6.07, 6.45) is 2.64. The zero-order valence-corrected chi connectivity index (χ0v) is 10.8. The lowest BCUT2D eigenvalue weighted by molar-refractivity contribution is 0.204. The Morgan fingerprint density at radius 1 is 1.22 bits per heavy atom. The van der Waals surface area contributed by atoms with Gasteiger partial charge in [-0.1, -0.05) is 0 Å². The van der Waals surface area contributed by atoms with E-state index in [4.69, 9.17) is 0 Å². The van der Waals surface area contributed by atoms with E-state index >= 15 is 0 Å². The van der Waals surface area contributed by atoms with Crippen LogP contribution in [0, 0.1) is 5.82 Å². The highest BCUT2D eigenvalue weighted by Gasteiger charge is 2.34. The van der Waals surface area contributed by atoms with Gasteiger partial charge < -0.3 is 10.2 Å². The van der Waals surface area contributed by atoms with Gasteiger partial charge in [-0.25, -0.2) is 4.39 Å². The normalized spacial score (nSPS) is 21.1. The van der Waals surface area contributed by atoms with E-state index in [1.54, 1.807) is 6.07 Å². The minimum Gasteiger partial charge on any atom is -0.388 e. The molecule has 0 unspecified atom stereocenters. The largest absolute Gasteiger partial charge is 0.388 e. The number of anilines is 2. The molecule has 2 fully saturated rings. The third-order valence-corrected chi connectivity index (χ3v) is 4.10. The molecule has 0 spiro atoms. The summed E-state index contributed by atoms with van der Waals surface area (Å²) in [6.45, 7) is 4.38. The topological polar surface area (TPSA) is 18.5 Å². The summed E-state index contributed by atoms with van der Waals surface area (Å²) in [5, 5.41) is 2.96. The summed E-state index contributed by atoms with van der Waals surface area (Å²) in [4.78, 5) is 4.67. The number of likely N-dealkylation sites (tertiary alicyclic amines) is 1. The highest BCUT2D eigenvalue weighted by molar-refractivity contribution is 5.57. The van der Waals surface area contributed by atoms with Crippen molar-refractivity contribution in [3.63, 3.8) is 0 Å². The van der Waals surface area contributed by atoms with Crippen LogP contribution < -0.4 is 10.2 Å². The summed E-state index contributed by atoms with van der Waals surface area (Å²) in [6, 6.07) is 6.01. The standard InChI is InChI=1S/C14H20FN3/c1-16-11-4-5-14(13(15)8-11)18-9-12(10-18)17-6-2-3-7-17/h4-5,8,12,16H,2-3,6-7,9-10H2,1H3. The molecule has 0 aliphatic carbocycles. The summed E-state index contributed by atoms with van der Waals surface area (Å²) < 4.78 is 13.9. The Morgan fingerprint density at radius 2 is 1.94 bits per heavy atom. The molecule has 18 heavy (non-hydrogen) atoms. The number of hydrogen-bond donors (Lipinski definition) is 1. The van der Waals surface area contributed by atoms with Gasteiger partial charge in [-0.3, -0.25) is 4.90 Å². The lowest BCUT2D eigenvalue weighted by Gasteiger charge is -2.45. The van der Waals surface area contributed by atoms with Crippen LogP contribution in [-0.2, 0) is 0 Å². The van der Waals surface area contributed by atoms with Gasteiger partial charge in [0.2, 0.25) is 0 Å². The van der Waals surface area contributed by atoms with E-state index in [9.17, 15) is 4.39 Å². The third kappa shape index (κ3) is 2.05. The van der Waals surface area contributed by atoms with Crippen molar-refractivity contribution >= 4 is 11.4 Å². The van der Waals surface area contributed by atoms with Crippen molar-refractivity contribution in [3.05, 3.63) is 24.0 Å². The molecular weight excluding hydrogens is 229 g/mol. The fraction of sp³-hybridized carbons (Fsp3) is 0.571. The van der Waals surface area contributed by atoms with E-state index in [2.05, 4.69) is 15.1 Å². The zero-order chi connectivity index (χ0) is 12.5. The molecule has 1 N–H and O–H groups in total. The van der Waals surface area contributed by atoms with Crippen LogP contribution in [0.15, 0.2) is 18.2 Å². The van der Waals surface area contributed by atoms with Crippen molar-refractivity contribution in [2.45, 2.75) is 18.9 Å². The first-order chi connectivity index (χ1) is 8.78. The van der Waals surface area contributed by atoms with E-state index < -0.39 is 0 Å². The van der Waals surface area contributed by atoms with Crippen molar-refractivity contribution < 1.29 is 4.39 Å². The molecule has 2 saturated heterocycles. The van der Waals surface area contributed by atoms with Crippen molar-refractivity contribution in [3.8, 4) is 0 Å². The fourth-order valence-electron chi connectivity index (χ4n) is 2.91. The van der Waals surface area contributed by atoms with Gasteiger partial charge in [-0.2, -0.15) is 0 Å². The van der Waals surface area contributed by atoms with Crippen molar-refractivity contribution in [2.24, 2.45) is 0 Å². The van der Waals surface area contributed by atoms with Crippen LogP contribution in [-0.4, -0.2) is 44.2 Å². The molecule has 0 radical (unpaired) electrons. The molecule has 98 valence electrons. The van der Waals surface area contributed by atoms with E-state index in [1.807, 2.05) is 19.2 Å². The van der Waals surface area contributed by atoms with Gasteiger partial charge in [0, 0.05) is 31.9 Å². The molecule has 0 atom stereocenters. The molecule has 1 aromatic rings. The second-order valence-corrected chi connectivity index (χ2v) is 5.22. The van der Waals surface area contributed by atoms with Crippen molar-refractivity contribution in [1.82, 2.24) is 4.90 Å². The van der Waals surface area contributed by atoms with Crippen LogP contribution in [0.2, 0.25) is 0 Å². The van der Waals surface area contributed by atoms with Gasteiger partial charge in [-0.05, 0) is 44.1 Å². The summed E-state index contributed by atoms with van der Waals surface area (Å²) in [5.41, 5.74) is 1.57. The molecule has 0 saturated carbocycles. The van der Waals surface area contributed by atoms with Crippen LogP contribution >= 0.6 is 0 Å². The number of nitrogens with zero attached hydrogens (tertiary/aromatic N) is 2. The number of nitrogens with one attached hydrogen (secondary N) is 1. The van der Waals surface area contributed by atoms with Crippen LogP contribution in [0.4, 0.5) is 15.8 Å². The van der Waals surface area contributed by atoms with Crippen LogP contribution in [0.25, 0.3) is 0 Å². The highest BCUT2D eigenvalue weighted by Crippen LogP contribution is 2.29. The average Bonchev–Trinajstić information content (AvgIpc) is 2.82. The maximum atomic E-state index is 13.9. The number of rotatable bonds is 3. The Kier molecular flexibility index (Phi) is 3.12. The molecular formula is C14H20FN3. The van der Waals surface area contributed by atoms with Crippen LogP contribution in [0.1, 0.15) is 12.8 Å². The van der Waals surface area contributed by atoms with E-state index in [-0.39, 0.29) is 5.82 Å². The smallest absolute Gasteiger partial charge is 0.148 e. The molecule has 3 rings (SSSR count). The first-order valence-corrected chi connectivity index (χ1v) is 6.74. The molecule has 1 aromatic carbocycles. The Hall–Kier alpha value is -1.29. The van der Waals surface area contributed by atoms with Gasteiger partial charge in [0.05, 0.1) is 5.69 Å². The maximum absolute atomic E-state index is 13.9. The minimum atomic E-state index is -0.123. The molecule has 2 heterocycles. The van der Waals surface area contributed by atoms with E-state index in [0.717, 1.165) is 24.5 Å². The number of hydrogen-bond acceptors (Lipinski definition) is 3. The number of benzene rings is 1. The Labute approximate surface area is 108 Å². The van der Waals surface area contributed by atoms with Gasteiger partial charge >= 0.3 is 0 Å². The van der Waals surface area contributed by atoms with Gasteiger partial charge in [0.1, 0.15) is 5.82 Å². The second-order valence-electron chi connectivity index (χ2n) is 5.22. The predicted octanol–water partition coefficient (Wildman–Crippen LogP) is 2.15. The van der Waals surface area contributed by atoms with Crippen LogP contribution in [0.3, 0.4) is 0 Å². The second kappa shape index (κ2) is 4.76. The SMILES string of the molecule is CNc1ccc(N2CC(N3CCCC3)C2)c(F)c1. The maximum Gasteiger partial charge on any atom is 0.148 e. The average molecular weight is 249 g/mol. The Balaban J connectivity index is 1.63. The molecule has 0 amide bonds. The molecule has 3 nitrogen and oxygen atoms in total. The van der Waals surface area contributed by atoms with Gasteiger partial charge in [0.15, 0.2) is 0 Å². The molecule has 4 heteroatoms. The molecule has 0 aromatic heterocycles. The van der Waals surface area contributed by atoms with Gasteiger partial charge in [-0.15, -0.1) is 0 Å². The third-order valence-electron chi connectivity index (χ3n) is 4.10. The number of halogens is 1. The van der Waals surface area contributed by atoms with E-state index in [0.29, 0.717) is 6.04 Å². The van der Waals surface area contributed by atoms with E-state index in [1.165, 1.54) is 25.9 Å². The molecule has 2 aliphatic rings. The van der Waals surface area contributed by atoms with Crippen molar-refractivity contribution in [1.29, 1.82) is 0 Å². The quantitative estimate of drug-likeness (QED) is 0.885. The summed E-state index contributed by atoms with van der Waals surface area (Å²) in [7, 11) is 1.81. The monoisotopic (exact) mass is 249 g/mol. The van der Waals surface area contributed by atoms with Crippen LogP contribution in [0.5, 0.6) is 0 Å². The first-order valence-electron chi connectivity index (χ1n) is 6.74. The molecule has 2 aliphatic heterocycles.